The number of nitrogens with zero attached hydrogens (tertiary/aromatic N) is 4. The second-order valence-corrected chi connectivity index (χ2v) is 7.63. The summed E-state index contributed by atoms with van der Waals surface area (Å²) in [6, 6.07) is 9.52. The number of hydrogen-bond donors (Lipinski definition) is 0. The minimum atomic E-state index is -0.137. The molecule has 7 heteroatoms. The molecule has 1 aliphatic rings. The van der Waals surface area contributed by atoms with Gasteiger partial charge in [-0.1, -0.05) is 26.0 Å². The summed E-state index contributed by atoms with van der Waals surface area (Å²) in [5.41, 5.74) is 2.48. The van der Waals surface area contributed by atoms with Gasteiger partial charge in [0.2, 0.25) is 5.91 Å². The minimum absolute atomic E-state index is 0.0417. The largest absolute Gasteiger partial charge is 0.497 e. The van der Waals surface area contributed by atoms with Crippen molar-refractivity contribution < 1.29 is 14.3 Å². The average molecular weight is 384 g/mol. The van der Waals surface area contributed by atoms with Gasteiger partial charge in [-0.2, -0.15) is 5.10 Å². The van der Waals surface area contributed by atoms with Crippen LogP contribution in [-0.4, -0.2) is 58.1 Å². The van der Waals surface area contributed by atoms with Gasteiger partial charge >= 0.3 is 0 Å². The van der Waals surface area contributed by atoms with Crippen LogP contribution in [0.5, 0.6) is 5.75 Å². The van der Waals surface area contributed by atoms with Crippen molar-refractivity contribution in [2.75, 3.05) is 26.7 Å². The highest BCUT2D eigenvalue weighted by molar-refractivity contribution is 5.95. The van der Waals surface area contributed by atoms with E-state index in [9.17, 15) is 9.59 Å². The van der Waals surface area contributed by atoms with Crippen molar-refractivity contribution in [3.63, 3.8) is 0 Å². The molecule has 7 nitrogen and oxygen atoms in total. The number of carbonyl (C=O) groups excluding carboxylic acids is 2. The Morgan fingerprint density at radius 3 is 2.54 bits per heavy atom. The Labute approximate surface area is 165 Å². The molecule has 0 aliphatic carbocycles. The van der Waals surface area contributed by atoms with Crippen molar-refractivity contribution in [1.82, 2.24) is 19.6 Å². The molecule has 1 saturated heterocycles. The molecule has 0 unspecified atom stereocenters. The number of aromatic nitrogens is 2. The third kappa shape index (κ3) is 4.52. The molecule has 1 aromatic carbocycles. The van der Waals surface area contributed by atoms with Crippen molar-refractivity contribution >= 4 is 11.8 Å². The maximum Gasteiger partial charge on any atom is 0.272 e. The van der Waals surface area contributed by atoms with Crippen molar-refractivity contribution in [2.45, 2.75) is 26.8 Å². The zero-order valence-corrected chi connectivity index (χ0v) is 17.0. The predicted octanol–water partition coefficient (Wildman–Crippen LogP) is 2.11. The van der Waals surface area contributed by atoms with Gasteiger partial charge in [-0.25, -0.2) is 0 Å². The highest BCUT2D eigenvalue weighted by Gasteiger charge is 2.29. The zero-order chi connectivity index (χ0) is 20.3. The second kappa shape index (κ2) is 8.46. The van der Waals surface area contributed by atoms with Gasteiger partial charge in [0.15, 0.2) is 0 Å². The van der Waals surface area contributed by atoms with Crippen LogP contribution in [0.4, 0.5) is 0 Å². The lowest BCUT2D eigenvalue weighted by molar-refractivity contribution is -0.135. The Morgan fingerprint density at radius 1 is 1.21 bits per heavy atom. The van der Waals surface area contributed by atoms with Crippen LogP contribution < -0.4 is 4.74 Å². The monoisotopic (exact) mass is 384 g/mol. The fourth-order valence-corrected chi connectivity index (χ4v) is 3.41. The average Bonchev–Trinajstić information content (AvgIpc) is 3.02. The second-order valence-electron chi connectivity index (χ2n) is 7.63. The molecule has 0 saturated carbocycles. The quantitative estimate of drug-likeness (QED) is 0.765. The Morgan fingerprint density at radius 2 is 1.93 bits per heavy atom. The van der Waals surface area contributed by atoms with E-state index in [-0.39, 0.29) is 18.4 Å². The highest BCUT2D eigenvalue weighted by atomic mass is 16.5. The molecule has 0 atom stereocenters. The molecule has 1 aliphatic heterocycles. The summed E-state index contributed by atoms with van der Waals surface area (Å²) < 4.78 is 6.78. The summed E-state index contributed by atoms with van der Waals surface area (Å²) >= 11 is 0. The van der Waals surface area contributed by atoms with E-state index in [1.807, 2.05) is 30.3 Å². The molecule has 3 rings (SSSR count). The van der Waals surface area contributed by atoms with Crippen LogP contribution in [-0.2, 0) is 24.8 Å². The molecule has 0 bridgehead atoms. The Bertz CT molecular complexity index is 842. The predicted molar refractivity (Wildman–Crippen MR) is 106 cm³/mol. The van der Waals surface area contributed by atoms with Crippen LogP contribution in [0.1, 0.15) is 35.6 Å². The molecular formula is C21H28N4O3. The first-order chi connectivity index (χ1) is 13.4. The van der Waals surface area contributed by atoms with Crippen LogP contribution in [0, 0.1) is 5.92 Å². The number of methoxy groups -OCH3 is 1. The molecule has 2 heterocycles. The summed E-state index contributed by atoms with van der Waals surface area (Å²) in [4.78, 5) is 28.9. The topological polar surface area (TPSA) is 67.7 Å². The van der Waals surface area contributed by atoms with E-state index in [2.05, 4.69) is 18.9 Å². The van der Waals surface area contributed by atoms with Crippen LogP contribution in [0.15, 0.2) is 30.3 Å². The van der Waals surface area contributed by atoms with E-state index in [4.69, 9.17) is 4.74 Å². The summed E-state index contributed by atoms with van der Waals surface area (Å²) in [6.45, 7) is 5.92. The van der Waals surface area contributed by atoms with Gasteiger partial charge in [-0.3, -0.25) is 14.3 Å². The number of rotatable bonds is 6. The van der Waals surface area contributed by atoms with Gasteiger partial charge in [0.25, 0.3) is 5.91 Å². The molecule has 0 radical (unpaired) electrons. The van der Waals surface area contributed by atoms with Crippen LogP contribution in [0.2, 0.25) is 0 Å². The standard InChI is InChI=1S/C21H28N4O3/c1-15(2)11-17-12-19(23(3)22-17)21(27)25-10-9-24(20(26)14-25)13-16-5-7-18(28-4)8-6-16/h5-8,12,15H,9-11,13-14H2,1-4H3. The van der Waals surface area contributed by atoms with Gasteiger partial charge in [0.05, 0.1) is 12.8 Å². The maximum atomic E-state index is 12.9. The fourth-order valence-electron chi connectivity index (χ4n) is 3.41. The smallest absolute Gasteiger partial charge is 0.272 e. The lowest BCUT2D eigenvalue weighted by Crippen LogP contribution is -2.52. The Balaban J connectivity index is 1.62. The molecule has 2 amide bonds. The van der Waals surface area contributed by atoms with Gasteiger partial charge in [-0.15, -0.1) is 0 Å². The van der Waals surface area contributed by atoms with Crippen LogP contribution in [0.25, 0.3) is 0 Å². The number of piperazine rings is 1. The molecule has 1 aromatic heterocycles. The molecule has 0 spiro atoms. The van der Waals surface area contributed by atoms with Gasteiger partial charge < -0.3 is 14.5 Å². The summed E-state index contributed by atoms with van der Waals surface area (Å²) in [6.07, 6.45) is 0.829. The van der Waals surface area contributed by atoms with Crippen molar-refractivity contribution in [3.8, 4) is 5.75 Å². The lowest BCUT2D eigenvalue weighted by atomic mass is 10.1. The number of aryl methyl sites for hydroxylation is 1. The van der Waals surface area contributed by atoms with E-state index in [1.54, 1.807) is 28.6 Å². The number of ether oxygens (including phenoxy) is 1. The van der Waals surface area contributed by atoms with Crippen molar-refractivity contribution in [3.05, 3.63) is 47.3 Å². The van der Waals surface area contributed by atoms with Crippen molar-refractivity contribution in [1.29, 1.82) is 0 Å². The maximum absolute atomic E-state index is 12.9. The highest BCUT2D eigenvalue weighted by Crippen LogP contribution is 2.16. The third-order valence-corrected chi connectivity index (χ3v) is 4.91. The van der Waals surface area contributed by atoms with E-state index < -0.39 is 0 Å². The van der Waals surface area contributed by atoms with Gasteiger partial charge in [-0.05, 0) is 36.1 Å². The number of carbonyl (C=O) groups is 2. The molecule has 150 valence electrons. The molecule has 2 aromatic rings. The SMILES string of the molecule is COc1ccc(CN2CCN(C(=O)c3cc(CC(C)C)nn3C)CC2=O)cc1. The first-order valence-corrected chi connectivity index (χ1v) is 9.60. The molecule has 28 heavy (non-hydrogen) atoms. The number of benzene rings is 1. The van der Waals surface area contributed by atoms with E-state index >= 15 is 0 Å². The molecule has 0 N–H and O–H groups in total. The first-order valence-electron chi connectivity index (χ1n) is 9.60. The lowest BCUT2D eigenvalue weighted by Gasteiger charge is -2.34. The molecule has 1 fully saturated rings. The van der Waals surface area contributed by atoms with E-state index in [0.717, 1.165) is 23.4 Å². The summed E-state index contributed by atoms with van der Waals surface area (Å²) in [7, 11) is 3.40. The van der Waals surface area contributed by atoms with Crippen LogP contribution in [0.3, 0.4) is 0 Å². The van der Waals surface area contributed by atoms with Gasteiger partial charge in [0.1, 0.15) is 18.0 Å². The van der Waals surface area contributed by atoms with Gasteiger partial charge in [0, 0.05) is 26.7 Å². The minimum Gasteiger partial charge on any atom is -0.497 e. The van der Waals surface area contributed by atoms with Crippen LogP contribution >= 0.6 is 0 Å². The molecular weight excluding hydrogens is 356 g/mol. The fraction of sp³-hybridized carbons (Fsp3) is 0.476. The summed E-state index contributed by atoms with van der Waals surface area (Å²) in [5.74, 6) is 1.09. The Hall–Kier alpha value is -2.83. The normalized spacial score (nSPS) is 14.7. The number of hydrogen-bond acceptors (Lipinski definition) is 4. The van der Waals surface area contributed by atoms with E-state index in [0.29, 0.717) is 31.2 Å². The Kier molecular flexibility index (Phi) is 6.02. The summed E-state index contributed by atoms with van der Waals surface area (Å²) in [5, 5.41) is 4.43. The third-order valence-electron chi connectivity index (χ3n) is 4.91. The van der Waals surface area contributed by atoms with Crippen molar-refractivity contribution in [2.24, 2.45) is 13.0 Å². The number of amides is 2. The zero-order valence-electron chi connectivity index (χ0n) is 17.0. The van der Waals surface area contributed by atoms with E-state index in [1.165, 1.54) is 0 Å². The first kappa shape index (κ1) is 19.9.